The Morgan fingerprint density at radius 3 is 2.50 bits per heavy atom. The summed E-state index contributed by atoms with van der Waals surface area (Å²) in [6, 6.07) is 17.5. The zero-order chi connectivity index (χ0) is 13.9. The Morgan fingerprint density at radius 2 is 1.80 bits per heavy atom. The van der Waals surface area contributed by atoms with E-state index in [1.807, 2.05) is 59.5 Å². The summed E-state index contributed by atoms with van der Waals surface area (Å²) in [4.78, 5) is 1.91. The highest BCUT2D eigenvalue weighted by Crippen LogP contribution is 2.22. The van der Waals surface area contributed by atoms with E-state index in [0.717, 1.165) is 16.7 Å². The third kappa shape index (κ3) is 2.16. The average Bonchev–Trinajstić information content (AvgIpc) is 2.82. The molecule has 0 saturated heterocycles. The number of nitrogens with one attached hydrogen (secondary N) is 1. The summed E-state index contributed by atoms with van der Waals surface area (Å²) < 4.78 is 0. The molecule has 20 heavy (non-hydrogen) atoms. The first kappa shape index (κ1) is 12.4. The highest BCUT2D eigenvalue weighted by atomic mass is 16.4. The molecule has 1 heterocycles. The van der Waals surface area contributed by atoms with Crippen LogP contribution in [0.15, 0.2) is 59.8 Å². The van der Waals surface area contributed by atoms with Crippen molar-refractivity contribution in [2.45, 2.75) is 6.54 Å². The first-order valence-corrected chi connectivity index (χ1v) is 6.47. The van der Waals surface area contributed by atoms with Gasteiger partial charge in [-0.1, -0.05) is 59.8 Å². The molecule has 0 spiro atoms. The highest BCUT2D eigenvalue weighted by Gasteiger charge is 2.24. The fourth-order valence-corrected chi connectivity index (χ4v) is 2.47. The summed E-state index contributed by atoms with van der Waals surface area (Å²) in [6.45, 7) is 1.11. The molecule has 4 heteroatoms. The van der Waals surface area contributed by atoms with Crippen LogP contribution in [-0.2, 0) is 6.54 Å². The molecule has 2 aromatic carbocycles. The lowest BCUT2D eigenvalue weighted by atomic mass is 10.1. The van der Waals surface area contributed by atoms with E-state index >= 15 is 0 Å². The summed E-state index contributed by atoms with van der Waals surface area (Å²) in [5.41, 5.74) is 3.54. The number of nitrogens with zero attached hydrogens (tertiary/aromatic N) is 2. The van der Waals surface area contributed by atoms with E-state index in [9.17, 15) is 5.21 Å². The first-order chi connectivity index (χ1) is 9.79. The number of fused-ring (bicyclic) bond motifs is 1. The van der Waals surface area contributed by atoms with Crippen LogP contribution in [-0.4, -0.2) is 28.2 Å². The molecular formula is C16H15N3O. The van der Waals surface area contributed by atoms with Crippen LogP contribution in [0.5, 0.6) is 0 Å². The Hall–Kier alpha value is -2.62. The number of oxime groups is 1. The molecule has 0 unspecified atom stereocenters. The monoisotopic (exact) mass is 265 g/mol. The van der Waals surface area contributed by atoms with Crippen molar-refractivity contribution in [3.05, 3.63) is 71.3 Å². The van der Waals surface area contributed by atoms with Crippen molar-refractivity contribution < 1.29 is 5.21 Å². The van der Waals surface area contributed by atoms with E-state index in [1.165, 1.54) is 0 Å². The SMILES string of the molecule is N=C1c2ccccc2CN1C/C(=N\O)c1ccccc1. The molecule has 0 radical (unpaired) electrons. The lowest BCUT2D eigenvalue weighted by Gasteiger charge is -2.18. The number of benzene rings is 2. The molecule has 1 aliphatic rings. The fourth-order valence-electron chi connectivity index (χ4n) is 2.47. The number of hydrogen-bond acceptors (Lipinski definition) is 3. The second-order valence-corrected chi connectivity index (χ2v) is 4.77. The smallest absolute Gasteiger partial charge is 0.129 e. The molecule has 0 amide bonds. The summed E-state index contributed by atoms with van der Waals surface area (Å²) in [6.07, 6.45) is 0. The molecule has 2 aromatic rings. The topological polar surface area (TPSA) is 59.7 Å². The van der Waals surface area contributed by atoms with Gasteiger partial charge < -0.3 is 10.1 Å². The molecule has 0 bridgehead atoms. The van der Waals surface area contributed by atoms with Crippen molar-refractivity contribution in [2.75, 3.05) is 6.54 Å². The summed E-state index contributed by atoms with van der Waals surface area (Å²) in [5.74, 6) is 0.484. The maximum atomic E-state index is 9.23. The zero-order valence-electron chi connectivity index (χ0n) is 11.0. The van der Waals surface area contributed by atoms with Gasteiger partial charge >= 0.3 is 0 Å². The summed E-state index contributed by atoms with van der Waals surface area (Å²) in [5, 5.41) is 20.8. The minimum Gasteiger partial charge on any atom is -0.411 e. The van der Waals surface area contributed by atoms with Gasteiger partial charge in [0, 0.05) is 17.7 Å². The Kier molecular flexibility index (Phi) is 3.21. The van der Waals surface area contributed by atoms with Crippen LogP contribution in [0.4, 0.5) is 0 Å². The molecule has 0 aromatic heterocycles. The third-order valence-electron chi connectivity index (χ3n) is 3.52. The lowest BCUT2D eigenvalue weighted by Crippen LogP contribution is -2.30. The van der Waals surface area contributed by atoms with Gasteiger partial charge in [0.15, 0.2) is 0 Å². The maximum Gasteiger partial charge on any atom is 0.129 e. The van der Waals surface area contributed by atoms with Crippen molar-refractivity contribution in [3.8, 4) is 0 Å². The van der Waals surface area contributed by atoms with Crippen LogP contribution in [0.1, 0.15) is 16.7 Å². The van der Waals surface area contributed by atoms with Gasteiger partial charge in [-0.15, -0.1) is 0 Å². The summed E-state index contributed by atoms with van der Waals surface area (Å²) >= 11 is 0. The number of hydrogen-bond donors (Lipinski definition) is 2. The van der Waals surface area contributed by atoms with E-state index in [1.54, 1.807) is 0 Å². The van der Waals surface area contributed by atoms with Gasteiger partial charge in [0.25, 0.3) is 0 Å². The van der Waals surface area contributed by atoms with Crippen molar-refractivity contribution in [1.29, 1.82) is 5.41 Å². The molecular weight excluding hydrogens is 250 g/mol. The van der Waals surface area contributed by atoms with Crippen LogP contribution < -0.4 is 0 Å². The Labute approximate surface area is 117 Å². The zero-order valence-corrected chi connectivity index (χ0v) is 11.0. The molecule has 0 fully saturated rings. The first-order valence-electron chi connectivity index (χ1n) is 6.47. The van der Waals surface area contributed by atoms with Crippen LogP contribution in [0.3, 0.4) is 0 Å². The summed E-state index contributed by atoms with van der Waals surface area (Å²) in [7, 11) is 0. The van der Waals surface area contributed by atoms with Gasteiger partial charge in [-0.2, -0.15) is 0 Å². The van der Waals surface area contributed by atoms with E-state index in [-0.39, 0.29) is 0 Å². The van der Waals surface area contributed by atoms with Gasteiger partial charge in [-0.3, -0.25) is 5.41 Å². The van der Waals surface area contributed by atoms with Crippen molar-refractivity contribution in [2.24, 2.45) is 5.16 Å². The maximum absolute atomic E-state index is 9.23. The highest BCUT2D eigenvalue weighted by molar-refractivity contribution is 6.07. The minimum absolute atomic E-state index is 0.425. The Bertz CT molecular complexity index is 664. The normalized spacial score (nSPS) is 14.5. The van der Waals surface area contributed by atoms with Gasteiger partial charge in [-0.25, -0.2) is 0 Å². The van der Waals surface area contributed by atoms with E-state index in [2.05, 4.69) is 5.16 Å². The standard InChI is InChI=1S/C16H15N3O/c17-16-14-9-5-4-8-13(14)10-19(16)11-15(18-20)12-6-2-1-3-7-12/h1-9,17,20H,10-11H2/b17-16?,18-15+. The van der Waals surface area contributed by atoms with E-state index in [4.69, 9.17) is 5.41 Å². The quantitative estimate of drug-likeness (QED) is 0.509. The minimum atomic E-state index is 0.425. The van der Waals surface area contributed by atoms with Gasteiger partial charge in [-0.05, 0) is 5.56 Å². The Balaban J connectivity index is 1.82. The molecule has 0 atom stereocenters. The largest absolute Gasteiger partial charge is 0.411 e. The van der Waals surface area contributed by atoms with Crippen molar-refractivity contribution >= 4 is 11.5 Å². The average molecular weight is 265 g/mol. The van der Waals surface area contributed by atoms with E-state index in [0.29, 0.717) is 24.6 Å². The Morgan fingerprint density at radius 1 is 1.10 bits per heavy atom. The van der Waals surface area contributed by atoms with Crippen LogP contribution in [0.2, 0.25) is 0 Å². The molecule has 100 valence electrons. The number of rotatable bonds is 3. The van der Waals surface area contributed by atoms with Crippen LogP contribution in [0, 0.1) is 5.41 Å². The molecule has 0 saturated carbocycles. The van der Waals surface area contributed by atoms with Gasteiger partial charge in [0.2, 0.25) is 0 Å². The third-order valence-corrected chi connectivity index (χ3v) is 3.52. The fraction of sp³-hybridized carbons (Fsp3) is 0.125. The molecule has 4 nitrogen and oxygen atoms in total. The number of amidine groups is 1. The molecule has 2 N–H and O–H groups in total. The lowest BCUT2D eigenvalue weighted by molar-refractivity contribution is 0.315. The van der Waals surface area contributed by atoms with E-state index < -0.39 is 0 Å². The van der Waals surface area contributed by atoms with Crippen LogP contribution in [0.25, 0.3) is 0 Å². The second-order valence-electron chi connectivity index (χ2n) is 4.77. The van der Waals surface area contributed by atoms with Gasteiger partial charge in [0.05, 0.1) is 6.54 Å². The van der Waals surface area contributed by atoms with Crippen LogP contribution >= 0.6 is 0 Å². The molecule has 0 aliphatic carbocycles. The molecule has 1 aliphatic heterocycles. The predicted octanol–water partition coefficient (Wildman–Crippen LogP) is 2.71. The van der Waals surface area contributed by atoms with Gasteiger partial charge in [0.1, 0.15) is 11.5 Å². The van der Waals surface area contributed by atoms with Crippen molar-refractivity contribution in [1.82, 2.24) is 4.90 Å². The molecule has 3 rings (SSSR count). The second kappa shape index (κ2) is 5.17. The van der Waals surface area contributed by atoms with Crippen molar-refractivity contribution in [3.63, 3.8) is 0 Å². The predicted molar refractivity (Wildman–Crippen MR) is 78.4 cm³/mol.